The molecule has 20 heavy (non-hydrogen) atoms. The summed E-state index contributed by atoms with van der Waals surface area (Å²) in [5.41, 5.74) is 0.425. The Balaban J connectivity index is 2.10. The number of halogens is 1. The SMILES string of the molecule is CNc1ncc(C(=O)NC(C)c2ncc(C)s2)cc1Cl. The number of carbonyl (C=O) groups excluding carboxylic acids is 1. The molecule has 0 saturated heterocycles. The van der Waals surface area contributed by atoms with E-state index in [0.29, 0.717) is 16.4 Å². The largest absolute Gasteiger partial charge is 0.372 e. The Bertz CT molecular complexity index is 629. The third-order valence-electron chi connectivity index (χ3n) is 2.70. The molecule has 2 aromatic rings. The van der Waals surface area contributed by atoms with Crippen molar-refractivity contribution in [3.05, 3.63) is 38.9 Å². The van der Waals surface area contributed by atoms with Crippen molar-refractivity contribution in [2.24, 2.45) is 0 Å². The van der Waals surface area contributed by atoms with Gasteiger partial charge in [0, 0.05) is 24.3 Å². The molecule has 5 nitrogen and oxygen atoms in total. The first-order chi connectivity index (χ1) is 9.51. The lowest BCUT2D eigenvalue weighted by Crippen LogP contribution is -2.26. The average Bonchev–Trinajstić information content (AvgIpc) is 2.85. The Morgan fingerprint density at radius 2 is 2.15 bits per heavy atom. The van der Waals surface area contributed by atoms with E-state index in [-0.39, 0.29) is 11.9 Å². The first kappa shape index (κ1) is 14.7. The van der Waals surface area contributed by atoms with Crippen LogP contribution in [0.5, 0.6) is 0 Å². The first-order valence-corrected chi connectivity index (χ1v) is 7.27. The third-order valence-corrected chi connectivity index (χ3v) is 4.08. The highest BCUT2D eigenvalue weighted by Gasteiger charge is 2.15. The molecule has 0 spiro atoms. The molecule has 1 amide bonds. The molecule has 0 aromatic carbocycles. The van der Waals surface area contributed by atoms with Gasteiger partial charge in [0.2, 0.25) is 0 Å². The fraction of sp³-hybridized carbons (Fsp3) is 0.308. The minimum Gasteiger partial charge on any atom is -0.372 e. The van der Waals surface area contributed by atoms with Gasteiger partial charge >= 0.3 is 0 Å². The summed E-state index contributed by atoms with van der Waals surface area (Å²) in [5, 5.41) is 7.02. The van der Waals surface area contributed by atoms with E-state index in [2.05, 4.69) is 20.6 Å². The number of thiazole rings is 1. The smallest absolute Gasteiger partial charge is 0.253 e. The monoisotopic (exact) mass is 310 g/mol. The van der Waals surface area contributed by atoms with Gasteiger partial charge in [-0.3, -0.25) is 4.79 Å². The number of aryl methyl sites for hydroxylation is 1. The molecule has 1 unspecified atom stereocenters. The van der Waals surface area contributed by atoms with E-state index in [0.717, 1.165) is 9.88 Å². The van der Waals surface area contributed by atoms with Crippen molar-refractivity contribution in [1.29, 1.82) is 0 Å². The van der Waals surface area contributed by atoms with Crippen LogP contribution in [0, 0.1) is 6.92 Å². The number of pyridine rings is 1. The van der Waals surface area contributed by atoms with E-state index in [4.69, 9.17) is 11.6 Å². The van der Waals surface area contributed by atoms with Crippen LogP contribution in [0.2, 0.25) is 5.02 Å². The summed E-state index contributed by atoms with van der Waals surface area (Å²) in [4.78, 5) is 21.6. The van der Waals surface area contributed by atoms with Gasteiger partial charge in [-0.1, -0.05) is 11.6 Å². The van der Waals surface area contributed by atoms with Gasteiger partial charge in [-0.2, -0.15) is 0 Å². The average molecular weight is 311 g/mol. The van der Waals surface area contributed by atoms with Gasteiger partial charge < -0.3 is 10.6 Å². The molecule has 106 valence electrons. The number of rotatable bonds is 4. The Morgan fingerprint density at radius 1 is 1.40 bits per heavy atom. The number of anilines is 1. The van der Waals surface area contributed by atoms with Gasteiger partial charge in [0.25, 0.3) is 5.91 Å². The summed E-state index contributed by atoms with van der Waals surface area (Å²) in [6, 6.07) is 1.44. The van der Waals surface area contributed by atoms with Crippen molar-refractivity contribution in [2.45, 2.75) is 19.9 Å². The number of hydrogen-bond acceptors (Lipinski definition) is 5. The number of nitrogens with zero attached hydrogens (tertiary/aromatic N) is 2. The van der Waals surface area contributed by atoms with Crippen LogP contribution in [0.3, 0.4) is 0 Å². The van der Waals surface area contributed by atoms with Gasteiger partial charge in [0.15, 0.2) is 0 Å². The summed E-state index contributed by atoms with van der Waals surface area (Å²) in [7, 11) is 1.72. The van der Waals surface area contributed by atoms with E-state index in [1.54, 1.807) is 30.6 Å². The van der Waals surface area contributed by atoms with E-state index < -0.39 is 0 Å². The van der Waals surface area contributed by atoms with Crippen molar-refractivity contribution in [3.8, 4) is 0 Å². The molecule has 0 aliphatic carbocycles. The molecule has 0 aliphatic rings. The molecule has 0 aliphatic heterocycles. The molecule has 2 rings (SSSR count). The molecule has 0 bridgehead atoms. The molecule has 2 aromatic heterocycles. The zero-order chi connectivity index (χ0) is 14.7. The second kappa shape index (κ2) is 6.19. The van der Waals surface area contributed by atoms with Crippen molar-refractivity contribution < 1.29 is 4.79 Å². The Kier molecular flexibility index (Phi) is 4.57. The second-order valence-electron chi connectivity index (χ2n) is 4.31. The summed E-state index contributed by atoms with van der Waals surface area (Å²) in [5.74, 6) is 0.328. The lowest BCUT2D eigenvalue weighted by Gasteiger charge is -2.11. The van der Waals surface area contributed by atoms with E-state index in [9.17, 15) is 4.79 Å². The van der Waals surface area contributed by atoms with Gasteiger partial charge in [0.1, 0.15) is 10.8 Å². The summed E-state index contributed by atoms with van der Waals surface area (Å²) >= 11 is 7.58. The third kappa shape index (κ3) is 3.26. The molecular formula is C13H15ClN4OS. The Labute approximate surface area is 126 Å². The lowest BCUT2D eigenvalue weighted by atomic mass is 10.2. The molecule has 7 heteroatoms. The van der Waals surface area contributed by atoms with Gasteiger partial charge in [-0.25, -0.2) is 9.97 Å². The maximum atomic E-state index is 12.1. The minimum atomic E-state index is -0.220. The summed E-state index contributed by atoms with van der Waals surface area (Å²) in [6.45, 7) is 3.88. The van der Waals surface area contributed by atoms with Crippen LogP contribution >= 0.6 is 22.9 Å². The number of amides is 1. The van der Waals surface area contributed by atoms with Crippen molar-refractivity contribution >= 4 is 34.7 Å². The normalized spacial score (nSPS) is 12.0. The number of aromatic nitrogens is 2. The van der Waals surface area contributed by atoms with Crippen LogP contribution in [-0.2, 0) is 0 Å². The Hall–Kier alpha value is -1.66. The molecule has 0 fully saturated rings. The first-order valence-electron chi connectivity index (χ1n) is 6.07. The quantitative estimate of drug-likeness (QED) is 0.911. The highest BCUT2D eigenvalue weighted by molar-refractivity contribution is 7.11. The number of carbonyl (C=O) groups is 1. The standard InChI is InChI=1S/C13H15ClN4OS/c1-7-5-17-13(20-7)8(2)18-12(19)9-4-10(14)11(15-3)16-6-9/h4-6,8H,1-3H3,(H,15,16)(H,18,19). The highest BCUT2D eigenvalue weighted by Crippen LogP contribution is 2.21. The lowest BCUT2D eigenvalue weighted by molar-refractivity contribution is 0.0939. The Morgan fingerprint density at radius 3 is 2.70 bits per heavy atom. The fourth-order valence-corrected chi connectivity index (χ4v) is 2.70. The minimum absolute atomic E-state index is 0.149. The number of hydrogen-bond donors (Lipinski definition) is 2. The van der Waals surface area contributed by atoms with Crippen LogP contribution in [-0.4, -0.2) is 22.9 Å². The van der Waals surface area contributed by atoms with E-state index in [1.807, 2.05) is 13.8 Å². The van der Waals surface area contributed by atoms with Crippen LogP contribution in [0.1, 0.15) is 33.2 Å². The highest BCUT2D eigenvalue weighted by atomic mass is 35.5. The summed E-state index contributed by atoms with van der Waals surface area (Å²) in [6.07, 6.45) is 3.29. The predicted octanol–water partition coefficient (Wildman–Crippen LogP) is 3.03. The number of nitrogens with one attached hydrogen (secondary N) is 2. The fourth-order valence-electron chi connectivity index (χ4n) is 1.66. The van der Waals surface area contributed by atoms with Gasteiger partial charge in [0.05, 0.1) is 16.6 Å². The van der Waals surface area contributed by atoms with E-state index >= 15 is 0 Å². The second-order valence-corrected chi connectivity index (χ2v) is 5.98. The van der Waals surface area contributed by atoms with Crippen LogP contribution in [0.4, 0.5) is 5.82 Å². The van der Waals surface area contributed by atoms with Crippen LogP contribution in [0.15, 0.2) is 18.5 Å². The van der Waals surface area contributed by atoms with Crippen molar-refractivity contribution in [2.75, 3.05) is 12.4 Å². The predicted molar refractivity (Wildman–Crippen MR) is 81.5 cm³/mol. The van der Waals surface area contributed by atoms with Gasteiger partial charge in [-0.15, -0.1) is 11.3 Å². The van der Waals surface area contributed by atoms with E-state index in [1.165, 1.54) is 6.20 Å². The van der Waals surface area contributed by atoms with Crippen LogP contribution in [0.25, 0.3) is 0 Å². The topological polar surface area (TPSA) is 66.9 Å². The van der Waals surface area contributed by atoms with Crippen LogP contribution < -0.4 is 10.6 Å². The van der Waals surface area contributed by atoms with Crippen molar-refractivity contribution in [1.82, 2.24) is 15.3 Å². The zero-order valence-corrected chi connectivity index (χ0v) is 13.0. The van der Waals surface area contributed by atoms with Gasteiger partial charge in [-0.05, 0) is 19.9 Å². The molecule has 2 N–H and O–H groups in total. The molecule has 1 atom stereocenters. The molecular weight excluding hydrogens is 296 g/mol. The zero-order valence-electron chi connectivity index (χ0n) is 11.4. The molecule has 0 radical (unpaired) electrons. The maximum Gasteiger partial charge on any atom is 0.253 e. The molecule has 0 saturated carbocycles. The molecule has 2 heterocycles. The maximum absolute atomic E-state index is 12.1. The summed E-state index contributed by atoms with van der Waals surface area (Å²) < 4.78 is 0. The van der Waals surface area contributed by atoms with Crippen molar-refractivity contribution in [3.63, 3.8) is 0 Å².